The summed E-state index contributed by atoms with van der Waals surface area (Å²) in [6, 6.07) is 12.4. The monoisotopic (exact) mass is 555 g/mol. The third-order valence-electron chi connectivity index (χ3n) is 4.89. The van der Waals surface area contributed by atoms with Gasteiger partial charge in [-0.15, -0.1) is 0 Å². The molecule has 3 aromatic carbocycles. The molecule has 0 bridgehead atoms. The minimum absolute atomic E-state index is 0.0294. The molecule has 1 aliphatic heterocycles. The molecule has 1 N–H and O–H groups in total. The number of methoxy groups -OCH3 is 1. The van der Waals surface area contributed by atoms with Crippen LogP contribution in [0.25, 0.3) is 10.2 Å². The van der Waals surface area contributed by atoms with Crippen molar-refractivity contribution >= 4 is 102 Å². The Morgan fingerprint density at radius 3 is 2.24 bits per heavy atom. The number of carbonyl (C=O) groups is 1. The fourth-order valence-electron chi connectivity index (χ4n) is 3.49. The second-order valence-corrected chi connectivity index (χ2v) is 10.8. The predicted octanol–water partition coefficient (Wildman–Crippen LogP) is 8.16. The number of ether oxygens (including phenoxy) is 1. The number of nitrogens with one attached hydrogen (secondary N) is 1. The van der Waals surface area contributed by atoms with Gasteiger partial charge in [0.05, 0.1) is 45.3 Å². The fraction of sp³-hybridized carbons (Fsp3) is 0.0909. The summed E-state index contributed by atoms with van der Waals surface area (Å²) in [5, 5.41) is 5.38. The Hall–Kier alpha value is -1.87. The Morgan fingerprint density at radius 2 is 1.64 bits per heavy atom. The molecule has 0 radical (unpaired) electrons. The van der Waals surface area contributed by atoms with Gasteiger partial charge >= 0.3 is 0 Å². The second-order valence-electron chi connectivity index (χ2n) is 7.01. The van der Waals surface area contributed by atoms with Crippen LogP contribution in [0.3, 0.4) is 0 Å². The van der Waals surface area contributed by atoms with Crippen molar-refractivity contribution < 1.29 is 9.53 Å². The van der Waals surface area contributed by atoms with E-state index in [0.29, 0.717) is 36.6 Å². The van der Waals surface area contributed by atoms with Crippen molar-refractivity contribution in [2.45, 2.75) is 9.79 Å². The van der Waals surface area contributed by atoms with E-state index in [4.69, 9.17) is 51.1 Å². The van der Waals surface area contributed by atoms with Gasteiger partial charge in [-0.25, -0.2) is 4.98 Å². The first kappa shape index (κ1) is 22.9. The Balaban J connectivity index is 1.50. The number of thiazole rings is 1. The highest BCUT2D eigenvalue weighted by Gasteiger charge is 2.33. The molecule has 33 heavy (non-hydrogen) atoms. The fourth-order valence-corrected chi connectivity index (χ4v) is 6.94. The smallest absolute Gasteiger partial charge is 0.251 e. The maximum absolute atomic E-state index is 13.5. The third-order valence-corrected chi connectivity index (χ3v) is 7.96. The number of hydrogen-bond donors (Lipinski definition) is 1. The Morgan fingerprint density at radius 1 is 1.00 bits per heavy atom. The first-order valence-corrected chi connectivity index (χ1v) is 12.7. The van der Waals surface area contributed by atoms with Crippen LogP contribution in [0.1, 0.15) is 0 Å². The Bertz CT molecular complexity index is 1370. The molecule has 0 unspecified atom stereocenters. The topological polar surface area (TPSA) is 54.5 Å². The molecule has 11 heteroatoms. The summed E-state index contributed by atoms with van der Waals surface area (Å²) in [4.78, 5) is 21.1. The van der Waals surface area contributed by atoms with E-state index in [9.17, 15) is 4.79 Å². The number of aromatic nitrogens is 1. The van der Waals surface area contributed by atoms with Crippen molar-refractivity contribution in [2.24, 2.45) is 0 Å². The van der Waals surface area contributed by atoms with Gasteiger partial charge in [0.25, 0.3) is 5.91 Å². The Labute approximate surface area is 217 Å². The van der Waals surface area contributed by atoms with Crippen LogP contribution in [-0.2, 0) is 4.79 Å². The highest BCUT2D eigenvalue weighted by molar-refractivity contribution is 7.99. The number of fused-ring (bicyclic) bond motifs is 3. The minimum Gasteiger partial charge on any atom is -0.497 e. The molecule has 0 saturated heterocycles. The molecule has 0 spiro atoms. The number of nitrogens with zero attached hydrogens (tertiary/aromatic N) is 2. The van der Waals surface area contributed by atoms with Gasteiger partial charge < -0.3 is 10.1 Å². The number of rotatable bonds is 4. The van der Waals surface area contributed by atoms with Crippen molar-refractivity contribution in [3.63, 3.8) is 0 Å². The molecule has 0 atom stereocenters. The molecule has 0 aliphatic carbocycles. The van der Waals surface area contributed by atoms with Gasteiger partial charge in [0.2, 0.25) is 0 Å². The van der Waals surface area contributed by atoms with Crippen molar-refractivity contribution in [2.75, 3.05) is 23.9 Å². The Kier molecular flexibility index (Phi) is 6.29. The van der Waals surface area contributed by atoms with E-state index in [0.717, 1.165) is 25.8 Å². The van der Waals surface area contributed by atoms with Crippen molar-refractivity contribution in [3.8, 4) is 5.75 Å². The van der Waals surface area contributed by atoms with Crippen LogP contribution < -0.4 is 15.0 Å². The lowest BCUT2D eigenvalue weighted by Crippen LogP contribution is -2.34. The summed E-state index contributed by atoms with van der Waals surface area (Å²) < 4.78 is 6.23. The highest BCUT2D eigenvalue weighted by Crippen LogP contribution is 2.54. The van der Waals surface area contributed by atoms with Crippen LogP contribution in [0.15, 0.2) is 52.3 Å². The predicted molar refractivity (Wildman–Crippen MR) is 139 cm³/mol. The lowest BCUT2D eigenvalue weighted by molar-refractivity contribution is -0.116. The summed E-state index contributed by atoms with van der Waals surface area (Å²) in [5.41, 5.74) is 1.85. The standard InChI is InChI=1S/C22H13Cl4N3O2S2/c1-31-12-2-3-16-15(8-12)28-22(33-16)27-9-19(30)29-20-13(25)4-10(23)6-17(20)32-18-7-11(24)5-14(26)21(18)29/h2-8H,9H2,1H3,(H,27,28). The number of carbonyl (C=O) groups excluding carboxylic acids is 1. The molecule has 5 rings (SSSR count). The van der Waals surface area contributed by atoms with Crippen molar-refractivity contribution in [1.29, 1.82) is 0 Å². The van der Waals surface area contributed by atoms with E-state index >= 15 is 0 Å². The zero-order valence-corrected chi connectivity index (χ0v) is 21.4. The average molecular weight is 557 g/mol. The third kappa shape index (κ3) is 4.34. The normalized spacial score (nSPS) is 12.5. The number of hydrogen-bond acceptors (Lipinski definition) is 6. The molecule has 1 aromatic heterocycles. The van der Waals surface area contributed by atoms with Crippen LogP contribution in [0, 0.1) is 0 Å². The summed E-state index contributed by atoms with van der Waals surface area (Å²) in [6.45, 7) is -0.0294. The molecule has 2 heterocycles. The molecule has 4 aromatic rings. The van der Waals surface area contributed by atoms with E-state index in [-0.39, 0.29) is 12.5 Å². The van der Waals surface area contributed by atoms with Gasteiger partial charge in [-0.1, -0.05) is 69.5 Å². The molecular weight excluding hydrogens is 544 g/mol. The van der Waals surface area contributed by atoms with Gasteiger partial charge in [0.15, 0.2) is 5.13 Å². The number of halogens is 4. The van der Waals surface area contributed by atoms with Crippen LogP contribution in [0.4, 0.5) is 16.5 Å². The number of amides is 1. The summed E-state index contributed by atoms with van der Waals surface area (Å²) in [7, 11) is 1.61. The quantitative estimate of drug-likeness (QED) is 0.275. The molecular formula is C22H13Cl4N3O2S2. The van der Waals surface area contributed by atoms with Gasteiger partial charge in [0, 0.05) is 25.9 Å². The first-order chi connectivity index (χ1) is 15.8. The average Bonchev–Trinajstić information content (AvgIpc) is 3.17. The molecule has 0 saturated carbocycles. The SMILES string of the molecule is COc1ccc2sc(NCC(=O)N3c4c(Cl)cc(Cl)cc4Sc4cc(Cl)cc(Cl)c43)nc2c1. The summed E-state index contributed by atoms with van der Waals surface area (Å²) in [6.07, 6.45) is 0. The van der Waals surface area contributed by atoms with Crippen LogP contribution >= 0.6 is 69.5 Å². The lowest BCUT2D eigenvalue weighted by atomic mass is 10.2. The molecule has 0 fully saturated rings. The largest absolute Gasteiger partial charge is 0.497 e. The van der Waals surface area contributed by atoms with Gasteiger partial charge in [-0.2, -0.15) is 0 Å². The van der Waals surface area contributed by atoms with Crippen LogP contribution in [-0.4, -0.2) is 24.5 Å². The lowest BCUT2D eigenvalue weighted by Gasteiger charge is -2.33. The maximum atomic E-state index is 13.5. The van der Waals surface area contributed by atoms with Gasteiger partial charge in [-0.05, 0) is 36.4 Å². The maximum Gasteiger partial charge on any atom is 0.251 e. The van der Waals surface area contributed by atoms with E-state index < -0.39 is 0 Å². The zero-order chi connectivity index (χ0) is 23.3. The molecule has 168 valence electrons. The second kappa shape index (κ2) is 9.06. The van der Waals surface area contributed by atoms with Crippen molar-refractivity contribution in [1.82, 2.24) is 4.98 Å². The van der Waals surface area contributed by atoms with E-state index in [1.165, 1.54) is 28.0 Å². The molecule has 1 amide bonds. The molecule has 1 aliphatic rings. The number of benzene rings is 3. The van der Waals surface area contributed by atoms with Crippen molar-refractivity contribution in [3.05, 3.63) is 62.6 Å². The summed E-state index contributed by atoms with van der Waals surface area (Å²) in [5.74, 6) is 0.458. The van der Waals surface area contributed by atoms with Gasteiger partial charge in [0.1, 0.15) is 5.75 Å². The molecule has 5 nitrogen and oxygen atoms in total. The van der Waals surface area contributed by atoms with Crippen LogP contribution in [0.5, 0.6) is 5.75 Å². The number of anilines is 3. The van der Waals surface area contributed by atoms with E-state index in [1.807, 2.05) is 18.2 Å². The zero-order valence-electron chi connectivity index (χ0n) is 16.8. The van der Waals surface area contributed by atoms with E-state index in [1.54, 1.807) is 31.4 Å². The van der Waals surface area contributed by atoms with Gasteiger partial charge in [-0.3, -0.25) is 9.69 Å². The minimum atomic E-state index is -0.261. The highest BCUT2D eigenvalue weighted by atomic mass is 35.5. The van der Waals surface area contributed by atoms with Crippen LogP contribution in [0.2, 0.25) is 20.1 Å². The summed E-state index contributed by atoms with van der Waals surface area (Å²) >= 11 is 28.4. The first-order valence-electron chi connectivity index (χ1n) is 9.51. The van der Waals surface area contributed by atoms with E-state index in [2.05, 4.69) is 10.3 Å².